The molecule has 0 spiro atoms. The van der Waals surface area contributed by atoms with Crippen molar-refractivity contribution in [3.63, 3.8) is 0 Å². The number of esters is 1. The van der Waals surface area contributed by atoms with Gasteiger partial charge in [-0.1, -0.05) is 11.8 Å². The number of aryl methyl sites for hydroxylation is 1. The lowest BCUT2D eigenvalue weighted by Gasteiger charge is -2.03. The summed E-state index contributed by atoms with van der Waals surface area (Å²) in [4.78, 5) is 29.6. The molecule has 2 aromatic heterocycles. The lowest BCUT2D eigenvalue weighted by atomic mass is 10.3. The molecule has 0 saturated carbocycles. The largest absolute Gasteiger partial charge is 0.466 e. The number of hydrogen-bond acceptors (Lipinski definition) is 6. The van der Waals surface area contributed by atoms with E-state index in [1.54, 1.807) is 26.2 Å². The zero-order valence-corrected chi connectivity index (χ0v) is 12.7. The van der Waals surface area contributed by atoms with Gasteiger partial charge in [0.05, 0.1) is 6.61 Å². The predicted octanol–water partition coefficient (Wildman–Crippen LogP) is 1.62. The van der Waals surface area contributed by atoms with Crippen LogP contribution in [0.2, 0.25) is 0 Å². The lowest BCUT2D eigenvalue weighted by molar-refractivity contribution is -0.140. The molecule has 0 fully saturated rings. The van der Waals surface area contributed by atoms with Crippen molar-refractivity contribution in [3.05, 3.63) is 28.7 Å². The number of fused-ring (bicyclic) bond motifs is 1. The third-order valence-corrected chi connectivity index (χ3v) is 2.92. The minimum atomic E-state index is -0.211. The maximum atomic E-state index is 11.3. The average molecular weight is 295 g/mol. The summed E-state index contributed by atoms with van der Waals surface area (Å²) in [6.45, 7) is 3.65. The lowest BCUT2D eigenvalue weighted by Crippen LogP contribution is -2.16. The molecule has 0 aliphatic carbocycles. The molecule has 0 N–H and O–H groups in total. The molecular weight excluding hydrogens is 278 g/mol. The molecule has 0 aliphatic rings. The van der Waals surface area contributed by atoms with Gasteiger partial charge < -0.3 is 4.74 Å². The number of thioether (sulfide) groups is 1. The van der Waals surface area contributed by atoms with E-state index >= 15 is 0 Å². The molecule has 20 heavy (non-hydrogen) atoms. The van der Waals surface area contributed by atoms with Crippen molar-refractivity contribution >= 4 is 28.8 Å². The van der Waals surface area contributed by atoms with E-state index in [9.17, 15) is 9.59 Å². The van der Waals surface area contributed by atoms with Gasteiger partial charge in [-0.2, -0.15) is 0 Å². The molecule has 0 amide bonds. The van der Waals surface area contributed by atoms with Gasteiger partial charge in [0.1, 0.15) is 5.65 Å². The summed E-state index contributed by atoms with van der Waals surface area (Å²) in [5.74, 6) is -0.211. The normalized spacial score (nSPS) is 9.80. The molecule has 0 aromatic carbocycles. The van der Waals surface area contributed by atoms with Crippen molar-refractivity contribution in [2.24, 2.45) is 7.05 Å². The van der Waals surface area contributed by atoms with E-state index in [-0.39, 0.29) is 11.5 Å². The number of nitrogens with zero attached hydrogens (tertiary/aromatic N) is 3. The van der Waals surface area contributed by atoms with Crippen LogP contribution < -0.4 is 5.56 Å². The average Bonchev–Trinajstić information content (AvgIpc) is 2.43. The van der Waals surface area contributed by atoms with Crippen molar-refractivity contribution in [2.75, 3.05) is 12.9 Å². The summed E-state index contributed by atoms with van der Waals surface area (Å²) >= 11 is 1.46. The van der Waals surface area contributed by atoms with Gasteiger partial charge in [-0.25, -0.2) is 9.97 Å². The highest BCUT2D eigenvalue weighted by molar-refractivity contribution is 7.98. The van der Waals surface area contributed by atoms with Gasteiger partial charge in [0.25, 0.3) is 5.56 Å². The maximum absolute atomic E-state index is 11.3. The Morgan fingerprint density at radius 2 is 2.15 bits per heavy atom. The van der Waals surface area contributed by atoms with Crippen LogP contribution in [0.5, 0.6) is 0 Å². The van der Waals surface area contributed by atoms with E-state index in [0.717, 1.165) is 5.39 Å². The monoisotopic (exact) mass is 295 g/mol. The summed E-state index contributed by atoms with van der Waals surface area (Å²) in [5, 5.41) is 1.56. The SMILES string of the molecule is CCOC(C)=O.CSc1ncc2ccc(=O)n(C)c2n1. The summed E-state index contributed by atoms with van der Waals surface area (Å²) in [6.07, 6.45) is 3.63. The Morgan fingerprint density at radius 3 is 2.65 bits per heavy atom. The third-order valence-electron chi connectivity index (χ3n) is 2.36. The van der Waals surface area contributed by atoms with Crippen molar-refractivity contribution in [3.8, 4) is 0 Å². The number of ether oxygens (including phenoxy) is 1. The quantitative estimate of drug-likeness (QED) is 0.476. The fourth-order valence-electron chi connectivity index (χ4n) is 1.43. The number of pyridine rings is 1. The molecule has 0 radical (unpaired) electrons. The Morgan fingerprint density at radius 1 is 1.45 bits per heavy atom. The van der Waals surface area contributed by atoms with E-state index < -0.39 is 0 Å². The molecule has 0 bridgehead atoms. The van der Waals surface area contributed by atoms with E-state index in [1.165, 1.54) is 29.3 Å². The molecule has 0 unspecified atom stereocenters. The molecule has 7 heteroatoms. The fraction of sp³-hybridized carbons (Fsp3) is 0.385. The molecule has 0 aliphatic heterocycles. The van der Waals surface area contributed by atoms with Gasteiger partial charge in [-0.3, -0.25) is 14.2 Å². The van der Waals surface area contributed by atoms with Crippen LogP contribution in [-0.2, 0) is 16.6 Å². The first-order valence-corrected chi connectivity index (χ1v) is 7.22. The van der Waals surface area contributed by atoms with Gasteiger partial charge in [0.2, 0.25) is 0 Å². The molecule has 6 nitrogen and oxygen atoms in total. The smallest absolute Gasteiger partial charge is 0.302 e. The second-order valence-corrected chi connectivity index (χ2v) is 4.56. The first-order chi connectivity index (χ1) is 9.49. The number of hydrogen-bond donors (Lipinski definition) is 0. The van der Waals surface area contributed by atoms with E-state index in [0.29, 0.717) is 17.4 Å². The molecular formula is C13H17N3O3S. The molecule has 0 saturated heterocycles. The molecule has 2 aromatic rings. The van der Waals surface area contributed by atoms with Crippen LogP contribution in [0.25, 0.3) is 11.0 Å². The zero-order valence-electron chi connectivity index (χ0n) is 11.9. The van der Waals surface area contributed by atoms with Crippen LogP contribution in [-0.4, -0.2) is 33.4 Å². The highest BCUT2D eigenvalue weighted by Gasteiger charge is 2.02. The Bertz CT molecular complexity index is 655. The van der Waals surface area contributed by atoms with Gasteiger partial charge in [0.15, 0.2) is 5.16 Å². The fourth-order valence-corrected chi connectivity index (χ4v) is 1.77. The van der Waals surface area contributed by atoms with Gasteiger partial charge in [0, 0.05) is 31.6 Å². The van der Waals surface area contributed by atoms with Gasteiger partial charge >= 0.3 is 5.97 Å². The molecule has 2 rings (SSSR count). The molecule has 0 atom stereocenters. The number of carbonyl (C=O) groups excluding carboxylic acids is 1. The number of carbonyl (C=O) groups is 1. The zero-order chi connectivity index (χ0) is 15.1. The van der Waals surface area contributed by atoms with Gasteiger partial charge in [-0.15, -0.1) is 0 Å². The van der Waals surface area contributed by atoms with Crippen LogP contribution in [0.1, 0.15) is 13.8 Å². The summed E-state index contributed by atoms with van der Waals surface area (Å²) in [6, 6.07) is 3.26. The Labute approximate surface area is 121 Å². The van der Waals surface area contributed by atoms with E-state index in [2.05, 4.69) is 14.7 Å². The number of aromatic nitrogens is 3. The van der Waals surface area contributed by atoms with Crippen LogP contribution in [0.4, 0.5) is 0 Å². The van der Waals surface area contributed by atoms with Crippen LogP contribution in [0.3, 0.4) is 0 Å². The summed E-state index contributed by atoms with van der Waals surface area (Å²) < 4.78 is 5.93. The summed E-state index contributed by atoms with van der Waals surface area (Å²) in [7, 11) is 1.71. The predicted molar refractivity (Wildman–Crippen MR) is 78.9 cm³/mol. The van der Waals surface area contributed by atoms with Crippen molar-refractivity contribution in [1.29, 1.82) is 0 Å². The molecule has 2 heterocycles. The highest BCUT2D eigenvalue weighted by Crippen LogP contribution is 2.12. The van der Waals surface area contributed by atoms with Gasteiger partial charge in [-0.05, 0) is 19.2 Å². The summed E-state index contributed by atoms with van der Waals surface area (Å²) in [5.41, 5.74) is 0.625. The first kappa shape index (κ1) is 16.2. The first-order valence-electron chi connectivity index (χ1n) is 5.99. The Hall–Kier alpha value is -1.89. The Kier molecular flexibility index (Phi) is 6.17. The highest BCUT2D eigenvalue weighted by atomic mass is 32.2. The second-order valence-electron chi connectivity index (χ2n) is 3.79. The molecule has 108 valence electrons. The van der Waals surface area contributed by atoms with E-state index in [1.807, 2.05) is 6.26 Å². The van der Waals surface area contributed by atoms with Crippen LogP contribution in [0, 0.1) is 0 Å². The van der Waals surface area contributed by atoms with Crippen molar-refractivity contribution in [1.82, 2.24) is 14.5 Å². The van der Waals surface area contributed by atoms with Crippen molar-refractivity contribution < 1.29 is 9.53 Å². The maximum Gasteiger partial charge on any atom is 0.302 e. The standard InChI is InChI=1S/C9H9N3OS.C4H8O2/c1-12-7(13)4-3-6-5-10-9(14-2)11-8(6)12;1-3-6-4(2)5/h3-5H,1-2H3;3H2,1-2H3. The van der Waals surface area contributed by atoms with Crippen LogP contribution in [0.15, 0.2) is 28.3 Å². The topological polar surface area (TPSA) is 74.1 Å². The second kappa shape index (κ2) is 7.64. The minimum Gasteiger partial charge on any atom is -0.466 e. The Balaban J connectivity index is 0.000000286. The van der Waals surface area contributed by atoms with E-state index in [4.69, 9.17) is 0 Å². The minimum absolute atomic E-state index is 0.0525. The third kappa shape index (κ3) is 4.34. The number of rotatable bonds is 2. The van der Waals surface area contributed by atoms with Crippen LogP contribution >= 0.6 is 11.8 Å². The van der Waals surface area contributed by atoms with Crippen molar-refractivity contribution in [2.45, 2.75) is 19.0 Å².